The quantitative estimate of drug-likeness (QED) is 0.470. The molecule has 152 valence electrons. The number of aromatic nitrogens is 5. The third-order valence-corrected chi connectivity index (χ3v) is 4.83. The van der Waals surface area contributed by atoms with Crippen LogP contribution in [-0.2, 0) is 19.1 Å². The van der Waals surface area contributed by atoms with Crippen molar-refractivity contribution in [2.45, 2.75) is 25.1 Å². The molecule has 0 aliphatic rings. The summed E-state index contributed by atoms with van der Waals surface area (Å²) in [5.41, 5.74) is 2.17. The van der Waals surface area contributed by atoms with Crippen molar-refractivity contribution in [3.05, 3.63) is 107 Å². The summed E-state index contributed by atoms with van der Waals surface area (Å²) in [5.74, 6) is -0.0417. The van der Waals surface area contributed by atoms with Crippen LogP contribution in [0.2, 0.25) is 0 Å². The molecule has 5 nitrogen and oxygen atoms in total. The molecule has 30 heavy (non-hydrogen) atoms. The van der Waals surface area contributed by atoms with Crippen LogP contribution in [0.1, 0.15) is 33.9 Å². The first-order valence-corrected chi connectivity index (χ1v) is 9.34. The number of nitrogens with zero attached hydrogens (tertiary/aromatic N) is 5. The molecule has 8 heteroatoms. The molecule has 0 N–H and O–H groups in total. The summed E-state index contributed by atoms with van der Waals surface area (Å²) in [6.07, 6.45) is 4.80. The van der Waals surface area contributed by atoms with Gasteiger partial charge in [0.15, 0.2) is 0 Å². The van der Waals surface area contributed by atoms with Gasteiger partial charge in [0.1, 0.15) is 0 Å². The van der Waals surface area contributed by atoms with Crippen molar-refractivity contribution < 1.29 is 13.2 Å². The summed E-state index contributed by atoms with van der Waals surface area (Å²) >= 11 is 0. The molecule has 0 amide bonds. The molecule has 0 unspecified atom stereocenters. The van der Waals surface area contributed by atoms with E-state index in [4.69, 9.17) is 0 Å². The van der Waals surface area contributed by atoms with E-state index in [1.165, 1.54) is 16.8 Å². The molecule has 0 bridgehead atoms. The Morgan fingerprint density at radius 1 is 0.867 bits per heavy atom. The second-order valence-electron chi connectivity index (χ2n) is 6.89. The lowest BCUT2D eigenvalue weighted by molar-refractivity contribution is -0.138. The van der Waals surface area contributed by atoms with E-state index in [1.54, 1.807) is 37.1 Å². The molecule has 0 aliphatic heterocycles. The van der Waals surface area contributed by atoms with Gasteiger partial charge in [-0.3, -0.25) is 9.97 Å². The van der Waals surface area contributed by atoms with Crippen LogP contribution in [0.15, 0.2) is 79.5 Å². The molecule has 0 aliphatic carbocycles. The Morgan fingerprint density at radius 2 is 1.53 bits per heavy atom. The normalized spacial score (nSPS) is 11.7. The number of halogens is 3. The SMILES string of the molecule is FC(F)(F)c1ccccc1Cn1cc(CC(c2cccnc2)c2cccnc2)nn1. The van der Waals surface area contributed by atoms with Gasteiger partial charge < -0.3 is 0 Å². The Morgan fingerprint density at radius 3 is 2.13 bits per heavy atom. The highest BCUT2D eigenvalue weighted by atomic mass is 19.4. The smallest absolute Gasteiger partial charge is 0.264 e. The molecule has 4 rings (SSSR count). The van der Waals surface area contributed by atoms with Crippen LogP contribution in [0.4, 0.5) is 13.2 Å². The van der Waals surface area contributed by atoms with E-state index >= 15 is 0 Å². The maximum absolute atomic E-state index is 13.2. The number of pyridine rings is 2. The highest BCUT2D eigenvalue weighted by Gasteiger charge is 2.33. The molecule has 0 atom stereocenters. The minimum absolute atomic E-state index is 0.00681. The van der Waals surface area contributed by atoms with Gasteiger partial charge in [0.25, 0.3) is 0 Å². The summed E-state index contributed by atoms with van der Waals surface area (Å²) < 4.78 is 41.2. The maximum atomic E-state index is 13.2. The summed E-state index contributed by atoms with van der Waals surface area (Å²) in [5, 5.41) is 8.23. The predicted octanol–water partition coefficient (Wildman–Crippen LogP) is 4.51. The first-order chi connectivity index (χ1) is 14.5. The molecule has 0 saturated heterocycles. The van der Waals surface area contributed by atoms with Gasteiger partial charge in [-0.05, 0) is 34.9 Å². The van der Waals surface area contributed by atoms with Crippen molar-refractivity contribution in [1.29, 1.82) is 0 Å². The van der Waals surface area contributed by atoms with E-state index in [-0.39, 0.29) is 18.0 Å². The topological polar surface area (TPSA) is 56.5 Å². The fraction of sp³-hybridized carbons (Fsp3) is 0.182. The number of alkyl halides is 3. The standard InChI is InChI=1S/C22H18F3N5/c23-22(24,25)21-8-2-1-5-18(21)14-30-15-19(28-29-30)11-20(16-6-3-9-26-12-16)17-7-4-10-27-13-17/h1-10,12-13,15,20H,11,14H2. The zero-order valence-electron chi connectivity index (χ0n) is 15.9. The number of hydrogen-bond acceptors (Lipinski definition) is 4. The Kier molecular flexibility index (Phi) is 5.56. The monoisotopic (exact) mass is 409 g/mol. The van der Waals surface area contributed by atoms with Gasteiger partial charge >= 0.3 is 6.18 Å². The summed E-state index contributed by atoms with van der Waals surface area (Å²) in [4.78, 5) is 8.40. The minimum atomic E-state index is -4.41. The molecule has 0 spiro atoms. The van der Waals surface area contributed by atoms with Crippen LogP contribution in [0.3, 0.4) is 0 Å². The van der Waals surface area contributed by atoms with Crippen molar-refractivity contribution in [1.82, 2.24) is 25.0 Å². The van der Waals surface area contributed by atoms with Gasteiger partial charge in [-0.1, -0.05) is 35.5 Å². The van der Waals surface area contributed by atoms with Crippen molar-refractivity contribution in [2.24, 2.45) is 0 Å². The van der Waals surface area contributed by atoms with Gasteiger partial charge in [0.2, 0.25) is 0 Å². The van der Waals surface area contributed by atoms with E-state index in [2.05, 4.69) is 20.3 Å². The molecule has 0 saturated carbocycles. The zero-order valence-corrected chi connectivity index (χ0v) is 15.9. The molecular weight excluding hydrogens is 391 g/mol. The fourth-order valence-corrected chi connectivity index (χ4v) is 3.42. The second-order valence-corrected chi connectivity index (χ2v) is 6.89. The van der Waals surface area contributed by atoms with Crippen LogP contribution < -0.4 is 0 Å². The summed E-state index contributed by atoms with van der Waals surface area (Å²) in [6.45, 7) is -0.00681. The van der Waals surface area contributed by atoms with Gasteiger partial charge in [-0.15, -0.1) is 5.10 Å². The Hall–Kier alpha value is -3.55. The van der Waals surface area contributed by atoms with E-state index in [0.717, 1.165) is 17.2 Å². The van der Waals surface area contributed by atoms with Crippen LogP contribution in [-0.4, -0.2) is 25.0 Å². The minimum Gasteiger partial charge on any atom is -0.264 e. The molecule has 1 aromatic carbocycles. The van der Waals surface area contributed by atoms with Gasteiger partial charge in [-0.25, -0.2) is 4.68 Å². The summed E-state index contributed by atoms with van der Waals surface area (Å²) in [6, 6.07) is 13.2. The van der Waals surface area contributed by atoms with Crippen molar-refractivity contribution in [3.63, 3.8) is 0 Å². The van der Waals surface area contributed by atoms with E-state index < -0.39 is 11.7 Å². The maximum Gasteiger partial charge on any atom is 0.416 e. The third-order valence-electron chi connectivity index (χ3n) is 4.83. The number of rotatable bonds is 6. The molecule has 3 heterocycles. The number of hydrogen-bond donors (Lipinski definition) is 0. The third kappa shape index (κ3) is 4.53. The zero-order chi connectivity index (χ0) is 21.0. The molecular formula is C22H18F3N5. The highest BCUT2D eigenvalue weighted by molar-refractivity contribution is 5.31. The Balaban J connectivity index is 1.58. The molecule has 4 aromatic rings. The van der Waals surface area contributed by atoms with Gasteiger partial charge in [0, 0.05) is 43.3 Å². The molecule has 0 radical (unpaired) electrons. The predicted molar refractivity (Wildman–Crippen MR) is 105 cm³/mol. The largest absolute Gasteiger partial charge is 0.416 e. The van der Waals surface area contributed by atoms with Gasteiger partial charge in [0.05, 0.1) is 17.8 Å². The van der Waals surface area contributed by atoms with Crippen molar-refractivity contribution >= 4 is 0 Å². The van der Waals surface area contributed by atoms with E-state index in [1.807, 2.05) is 24.3 Å². The Bertz CT molecular complexity index is 1050. The average molecular weight is 409 g/mol. The van der Waals surface area contributed by atoms with Crippen LogP contribution in [0.25, 0.3) is 0 Å². The van der Waals surface area contributed by atoms with Gasteiger partial charge in [-0.2, -0.15) is 13.2 Å². The molecule has 3 aromatic heterocycles. The fourth-order valence-electron chi connectivity index (χ4n) is 3.42. The highest BCUT2D eigenvalue weighted by Crippen LogP contribution is 2.32. The first kappa shape index (κ1) is 19.8. The lowest BCUT2D eigenvalue weighted by Gasteiger charge is -2.15. The Labute approximate surface area is 171 Å². The van der Waals surface area contributed by atoms with Crippen molar-refractivity contribution in [2.75, 3.05) is 0 Å². The average Bonchev–Trinajstić information content (AvgIpc) is 3.20. The first-order valence-electron chi connectivity index (χ1n) is 9.34. The van der Waals surface area contributed by atoms with Crippen LogP contribution in [0.5, 0.6) is 0 Å². The number of benzene rings is 1. The lowest BCUT2D eigenvalue weighted by Crippen LogP contribution is -2.12. The second kappa shape index (κ2) is 8.44. The molecule has 0 fully saturated rings. The van der Waals surface area contributed by atoms with E-state index in [0.29, 0.717) is 12.1 Å². The lowest BCUT2D eigenvalue weighted by atomic mass is 9.89. The van der Waals surface area contributed by atoms with Crippen molar-refractivity contribution in [3.8, 4) is 0 Å². The van der Waals surface area contributed by atoms with E-state index in [9.17, 15) is 13.2 Å². The summed E-state index contributed by atoms with van der Waals surface area (Å²) in [7, 11) is 0. The van der Waals surface area contributed by atoms with Crippen LogP contribution in [0, 0.1) is 0 Å². The van der Waals surface area contributed by atoms with Crippen LogP contribution >= 0.6 is 0 Å².